The number of aromatic nitrogens is 2. The first-order valence-electron chi connectivity index (χ1n) is 7.65. The smallest absolute Gasteiger partial charge is 0.272 e. The van der Waals surface area contributed by atoms with Crippen LogP contribution in [0.4, 0.5) is 0 Å². The van der Waals surface area contributed by atoms with Gasteiger partial charge in [-0.3, -0.25) is 14.8 Å². The van der Waals surface area contributed by atoms with Crippen molar-refractivity contribution in [2.24, 2.45) is 5.92 Å². The number of H-pyrrole nitrogens is 1. The van der Waals surface area contributed by atoms with Crippen LogP contribution in [-0.4, -0.2) is 46.2 Å². The number of rotatable bonds is 4. The lowest BCUT2D eigenvalue weighted by Crippen LogP contribution is -2.40. The molecule has 2 aliphatic rings. The van der Waals surface area contributed by atoms with Gasteiger partial charge in [0.05, 0.1) is 0 Å². The molecule has 5 nitrogen and oxygen atoms in total. The fraction of sp³-hybridized carbons (Fsp3) is 0.733. The minimum absolute atomic E-state index is 0.0457. The molecule has 2 atom stereocenters. The molecule has 2 heterocycles. The second-order valence-electron chi connectivity index (χ2n) is 6.59. The first-order chi connectivity index (χ1) is 9.54. The second-order valence-corrected chi connectivity index (χ2v) is 6.59. The summed E-state index contributed by atoms with van der Waals surface area (Å²) in [4.78, 5) is 14.7. The zero-order valence-electron chi connectivity index (χ0n) is 12.5. The van der Waals surface area contributed by atoms with Gasteiger partial charge in [-0.1, -0.05) is 6.92 Å². The van der Waals surface area contributed by atoms with E-state index < -0.39 is 0 Å². The number of nitrogens with zero attached hydrogens (tertiary/aromatic N) is 2. The topological polar surface area (TPSA) is 61.0 Å². The monoisotopic (exact) mass is 276 g/mol. The number of aromatic amines is 1. The lowest BCUT2D eigenvalue weighted by molar-refractivity contribution is 0.0925. The van der Waals surface area contributed by atoms with Crippen molar-refractivity contribution in [3.05, 3.63) is 17.5 Å². The molecular weight excluding hydrogens is 252 g/mol. The van der Waals surface area contributed by atoms with Crippen molar-refractivity contribution in [1.82, 2.24) is 20.4 Å². The summed E-state index contributed by atoms with van der Waals surface area (Å²) in [7, 11) is 0. The van der Waals surface area contributed by atoms with Gasteiger partial charge < -0.3 is 5.32 Å². The van der Waals surface area contributed by atoms with E-state index in [-0.39, 0.29) is 11.9 Å². The van der Waals surface area contributed by atoms with Crippen molar-refractivity contribution in [3.63, 3.8) is 0 Å². The van der Waals surface area contributed by atoms with E-state index in [4.69, 9.17) is 0 Å². The van der Waals surface area contributed by atoms with Gasteiger partial charge in [0, 0.05) is 36.8 Å². The molecule has 110 valence electrons. The van der Waals surface area contributed by atoms with E-state index in [1.807, 2.05) is 6.07 Å². The van der Waals surface area contributed by atoms with Gasteiger partial charge in [-0.25, -0.2) is 0 Å². The van der Waals surface area contributed by atoms with Gasteiger partial charge in [-0.2, -0.15) is 5.10 Å². The quantitative estimate of drug-likeness (QED) is 0.880. The molecule has 1 aromatic heterocycles. The average Bonchev–Trinajstić information content (AvgIpc) is 3.01. The third kappa shape index (κ3) is 2.73. The van der Waals surface area contributed by atoms with Crippen LogP contribution < -0.4 is 5.32 Å². The Morgan fingerprint density at radius 2 is 2.20 bits per heavy atom. The standard InChI is InChI=1S/C15H24N4O/c1-9(2)19-7-10(3)14(8-19)16-15(20)13-6-12(17-18-13)11-4-5-11/h6,9-11,14H,4-5,7-8H2,1-3H3,(H,16,20)(H,17,18)/t10?,14-/m1/s1. The molecule has 1 aliphatic carbocycles. The minimum Gasteiger partial charge on any atom is -0.346 e. The SMILES string of the molecule is CC1CN(C(C)C)C[C@H]1NC(=O)c1cc(C2CC2)[nH]n1. The highest BCUT2D eigenvalue weighted by Crippen LogP contribution is 2.39. The number of carbonyl (C=O) groups excluding carboxylic acids is 1. The van der Waals surface area contributed by atoms with Crippen molar-refractivity contribution in [2.75, 3.05) is 13.1 Å². The van der Waals surface area contributed by atoms with E-state index in [1.165, 1.54) is 12.8 Å². The Morgan fingerprint density at radius 3 is 2.80 bits per heavy atom. The summed E-state index contributed by atoms with van der Waals surface area (Å²) in [5.74, 6) is 1.05. The van der Waals surface area contributed by atoms with Gasteiger partial charge in [-0.05, 0) is 38.7 Å². The highest BCUT2D eigenvalue weighted by molar-refractivity contribution is 5.92. The molecule has 1 saturated carbocycles. The van der Waals surface area contributed by atoms with Crippen LogP contribution in [0.2, 0.25) is 0 Å². The van der Waals surface area contributed by atoms with Crippen LogP contribution in [0.25, 0.3) is 0 Å². The minimum atomic E-state index is -0.0457. The second kappa shape index (κ2) is 5.20. The van der Waals surface area contributed by atoms with E-state index in [2.05, 4.69) is 41.2 Å². The molecule has 3 rings (SSSR count). The molecule has 0 radical (unpaired) electrons. The number of likely N-dealkylation sites (tertiary alicyclic amines) is 1. The molecule has 0 bridgehead atoms. The number of carbonyl (C=O) groups is 1. The van der Waals surface area contributed by atoms with E-state index in [0.29, 0.717) is 23.6 Å². The molecule has 20 heavy (non-hydrogen) atoms. The molecule has 1 aliphatic heterocycles. The van der Waals surface area contributed by atoms with Gasteiger partial charge >= 0.3 is 0 Å². The molecule has 1 aromatic rings. The van der Waals surface area contributed by atoms with Crippen LogP contribution in [0.5, 0.6) is 0 Å². The summed E-state index contributed by atoms with van der Waals surface area (Å²) < 4.78 is 0. The van der Waals surface area contributed by atoms with Crippen molar-refractivity contribution < 1.29 is 4.79 Å². The number of amides is 1. The van der Waals surface area contributed by atoms with Gasteiger partial charge in [-0.15, -0.1) is 0 Å². The van der Waals surface area contributed by atoms with Crippen LogP contribution >= 0.6 is 0 Å². The Balaban J connectivity index is 1.60. The summed E-state index contributed by atoms with van der Waals surface area (Å²) in [5, 5.41) is 10.3. The number of hydrogen-bond acceptors (Lipinski definition) is 3. The maximum Gasteiger partial charge on any atom is 0.272 e. The summed E-state index contributed by atoms with van der Waals surface area (Å²) in [6, 6.07) is 2.67. The Hall–Kier alpha value is -1.36. The number of hydrogen-bond donors (Lipinski definition) is 2. The lowest BCUT2D eigenvalue weighted by Gasteiger charge is -2.20. The molecule has 5 heteroatoms. The summed E-state index contributed by atoms with van der Waals surface area (Å²) in [5.41, 5.74) is 1.64. The van der Waals surface area contributed by atoms with Crippen molar-refractivity contribution in [2.45, 2.75) is 51.6 Å². The predicted molar refractivity (Wildman–Crippen MR) is 77.7 cm³/mol. The van der Waals surface area contributed by atoms with Crippen LogP contribution in [0.15, 0.2) is 6.07 Å². The third-order valence-electron chi connectivity index (χ3n) is 4.53. The molecule has 0 aromatic carbocycles. The van der Waals surface area contributed by atoms with Crippen LogP contribution in [0.1, 0.15) is 55.7 Å². The molecule has 0 spiro atoms. The van der Waals surface area contributed by atoms with Crippen LogP contribution in [0, 0.1) is 5.92 Å². The van der Waals surface area contributed by atoms with E-state index in [1.54, 1.807) is 0 Å². The Morgan fingerprint density at radius 1 is 1.45 bits per heavy atom. The number of nitrogens with one attached hydrogen (secondary N) is 2. The predicted octanol–water partition coefficient (Wildman–Crippen LogP) is 1.75. The average molecular weight is 276 g/mol. The van der Waals surface area contributed by atoms with E-state index >= 15 is 0 Å². The van der Waals surface area contributed by atoms with Gasteiger partial charge in [0.15, 0.2) is 0 Å². The fourth-order valence-corrected chi connectivity index (χ4v) is 2.91. The summed E-state index contributed by atoms with van der Waals surface area (Å²) >= 11 is 0. The highest BCUT2D eigenvalue weighted by atomic mass is 16.2. The Kier molecular flexibility index (Phi) is 3.54. The largest absolute Gasteiger partial charge is 0.346 e. The van der Waals surface area contributed by atoms with Crippen molar-refractivity contribution in [1.29, 1.82) is 0 Å². The van der Waals surface area contributed by atoms with Crippen LogP contribution in [0.3, 0.4) is 0 Å². The van der Waals surface area contributed by atoms with E-state index in [0.717, 1.165) is 18.8 Å². The molecule has 2 fully saturated rings. The Bertz CT molecular complexity index is 492. The molecule has 1 unspecified atom stereocenters. The summed E-state index contributed by atoms with van der Waals surface area (Å²) in [6.45, 7) is 8.59. The molecule has 1 saturated heterocycles. The zero-order chi connectivity index (χ0) is 14.3. The maximum atomic E-state index is 12.3. The normalized spacial score (nSPS) is 27.2. The third-order valence-corrected chi connectivity index (χ3v) is 4.53. The maximum absolute atomic E-state index is 12.3. The van der Waals surface area contributed by atoms with Gasteiger partial charge in [0.2, 0.25) is 0 Å². The van der Waals surface area contributed by atoms with E-state index in [9.17, 15) is 4.79 Å². The Labute approximate surface area is 120 Å². The van der Waals surface area contributed by atoms with Crippen LogP contribution in [-0.2, 0) is 0 Å². The molecule has 2 N–H and O–H groups in total. The fourth-order valence-electron chi connectivity index (χ4n) is 2.91. The van der Waals surface area contributed by atoms with Crippen molar-refractivity contribution >= 4 is 5.91 Å². The first kappa shape index (κ1) is 13.6. The lowest BCUT2D eigenvalue weighted by atomic mass is 10.1. The zero-order valence-corrected chi connectivity index (χ0v) is 12.5. The molecular formula is C15H24N4O. The summed E-state index contributed by atoms with van der Waals surface area (Å²) in [6.07, 6.45) is 2.43. The highest BCUT2D eigenvalue weighted by Gasteiger charge is 2.33. The van der Waals surface area contributed by atoms with Gasteiger partial charge in [0.1, 0.15) is 5.69 Å². The van der Waals surface area contributed by atoms with Gasteiger partial charge in [0.25, 0.3) is 5.91 Å². The van der Waals surface area contributed by atoms with Crippen molar-refractivity contribution in [3.8, 4) is 0 Å². The molecule has 1 amide bonds. The first-order valence-corrected chi connectivity index (χ1v) is 7.65.